The molecule has 0 spiro atoms. The molecule has 1 fully saturated rings. The molecule has 1 aliphatic rings. The van der Waals surface area contributed by atoms with Gasteiger partial charge in [0.05, 0.1) is 12.0 Å². The molecule has 0 radical (unpaired) electrons. The van der Waals surface area contributed by atoms with E-state index in [1.54, 1.807) is 0 Å². The van der Waals surface area contributed by atoms with Crippen molar-refractivity contribution in [2.24, 2.45) is 11.7 Å². The largest absolute Gasteiger partial charge is 0.369 e. The highest BCUT2D eigenvalue weighted by Crippen LogP contribution is 2.17. The van der Waals surface area contributed by atoms with Crippen molar-refractivity contribution in [3.8, 4) is 0 Å². The van der Waals surface area contributed by atoms with Gasteiger partial charge in [-0.15, -0.1) is 0 Å². The molecule has 1 aromatic rings. The number of primary amides is 1. The first-order valence-corrected chi connectivity index (χ1v) is 9.09. The van der Waals surface area contributed by atoms with Gasteiger partial charge in [0.25, 0.3) is 0 Å². The number of nitrogens with two attached hydrogens (primary N) is 1. The van der Waals surface area contributed by atoms with Crippen molar-refractivity contribution >= 4 is 11.9 Å². The Bertz CT molecular complexity index is 591. The average molecular weight is 346 g/mol. The third-order valence-corrected chi connectivity index (χ3v) is 4.85. The number of rotatable bonds is 7. The molecule has 6 nitrogen and oxygen atoms in total. The molecular formula is C19H30N4O2. The maximum atomic E-state index is 12.0. The van der Waals surface area contributed by atoms with E-state index in [2.05, 4.69) is 15.5 Å². The lowest BCUT2D eigenvalue weighted by Gasteiger charge is -2.31. The van der Waals surface area contributed by atoms with Crippen LogP contribution in [0.3, 0.4) is 0 Å². The molecule has 4 N–H and O–H groups in total. The Balaban J connectivity index is 1.65. The van der Waals surface area contributed by atoms with E-state index in [0.29, 0.717) is 6.54 Å². The zero-order valence-corrected chi connectivity index (χ0v) is 15.3. The summed E-state index contributed by atoms with van der Waals surface area (Å²) in [6, 6.07) is 7.88. The summed E-state index contributed by atoms with van der Waals surface area (Å²) in [6.07, 6.45) is 2.76. The van der Waals surface area contributed by atoms with Gasteiger partial charge in [-0.25, -0.2) is 4.79 Å². The number of benzene rings is 1. The summed E-state index contributed by atoms with van der Waals surface area (Å²) in [5.74, 6) is -0.229. The minimum absolute atomic E-state index is 0.0278. The Morgan fingerprint density at radius 2 is 2.12 bits per heavy atom. The van der Waals surface area contributed by atoms with Gasteiger partial charge in [-0.1, -0.05) is 24.3 Å². The summed E-state index contributed by atoms with van der Waals surface area (Å²) >= 11 is 0. The lowest BCUT2D eigenvalue weighted by Crippen LogP contribution is -2.42. The number of nitrogens with zero attached hydrogens (tertiary/aromatic N) is 1. The number of carbonyl (C=O) groups excluding carboxylic acids is 2. The van der Waals surface area contributed by atoms with Crippen LogP contribution in [0.2, 0.25) is 0 Å². The van der Waals surface area contributed by atoms with Gasteiger partial charge in [0, 0.05) is 13.1 Å². The molecule has 0 saturated carbocycles. The molecule has 0 aliphatic carbocycles. The minimum atomic E-state index is -0.201. The lowest BCUT2D eigenvalue weighted by molar-refractivity contribution is -0.123. The van der Waals surface area contributed by atoms with Crippen molar-refractivity contribution in [3.63, 3.8) is 0 Å². The van der Waals surface area contributed by atoms with E-state index in [9.17, 15) is 9.59 Å². The van der Waals surface area contributed by atoms with Gasteiger partial charge in [-0.2, -0.15) is 0 Å². The van der Waals surface area contributed by atoms with Crippen LogP contribution in [-0.4, -0.2) is 43.0 Å². The molecular weight excluding hydrogens is 316 g/mol. The highest BCUT2D eigenvalue weighted by molar-refractivity contribution is 5.77. The maximum absolute atomic E-state index is 12.0. The molecule has 1 aliphatic heterocycles. The van der Waals surface area contributed by atoms with Crippen molar-refractivity contribution in [2.45, 2.75) is 39.2 Å². The van der Waals surface area contributed by atoms with E-state index in [0.717, 1.165) is 44.5 Å². The van der Waals surface area contributed by atoms with Crippen molar-refractivity contribution in [1.82, 2.24) is 15.5 Å². The second kappa shape index (κ2) is 9.42. The van der Waals surface area contributed by atoms with Gasteiger partial charge >= 0.3 is 6.03 Å². The van der Waals surface area contributed by atoms with E-state index in [1.165, 1.54) is 5.56 Å². The van der Waals surface area contributed by atoms with Crippen molar-refractivity contribution in [2.75, 3.05) is 26.2 Å². The summed E-state index contributed by atoms with van der Waals surface area (Å²) < 4.78 is 0. The molecule has 2 unspecified atom stereocenters. The van der Waals surface area contributed by atoms with E-state index in [1.807, 2.05) is 38.1 Å². The Labute approximate surface area is 150 Å². The second-order valence-corrected chi connectivity index (χ2v) is 6.87. The Kier molecular flexibility index (Phi) is 7.25. The first-order valence-electron chi connectivity index (χ1n) is 9.09. The Morgan fingerprint density at radius 3 is 2.84 bits per heavy atom. The molecule has 3 amide bonds. The first kappa shape index (κ1) is 19.2. The quantitative estimate of drug-likeness (QED) is 0.659. The topological polar surface area (TPSA) is 87.5 Å². The first-order chi connectivity index (χ1) is 12.0. The number of likely N-dealkylation sites (tertiary alicyclic amines) is 1. The van der Waals surface area contributed by atoms with Crippen LogP contribution in [-0.2, 0) is 4.79 Å². The van der Waals surface area contributed by atoms with E-state index < -0.39 is 0 Å². The highest BCUT2D eigenvalue weighted by Gasteiger charge is 2.23. The van der Waals surface area contributed by atoms with Crippen molar-refractivity contribution in [3.05, 3.63) is 35.4 Å². The fourth-order valence-corrected chi connectivity index (χ4v) is 3.39. The summed E-state index contributed by atoms with van der Waals surface area (Å²) in [5.41, 5.74) is 7.70. The predicted octanol–water partition coefficient (Wildman–Crippen LogP) is 1.94. The Morgan fingerprint density at radius 1 is 1.36 bits per heavy atom. The minimum Gasteiger partial charge on any atom is -0.369 e. The molecule has 0 bridgehead atoms. The molecule has 2 rings (SSSR count). The van der Waals surface area contributed by atoms with Gasteiger partial charge in [-0.05, 0) is 57.3 Å². The number of piperidine rings is 1. The summed E-state index contributed by atoms with van der Waals surface area (Å²) in [6.45, 7) is 7.26. The zero-order valence-electron chi connectivity index (χ0n) is 15.3. The smallest absolute Gasteiger partial charge is 0.315 e. The van der Waals surface area contributed by atoms with Gasteiger partial charge < -0.3 is 21.3 Å². The molecule has 0 aromatic heterocycles. The van der Waals surface area contributed by atoms with E-state index in [4.69, 9.17) is 5.73 Å². The van der Waals surface area contributed by atoms with E-state index in [-0.39, 0.29) is 23.9 Å². The van der Waals surface area contributed by atoms with Gasteiger partial charge in [-0.3, -0.25) is 4.79 Å². The van der Waals surface area contributed by atoms with Crippen LogP contribution >= 0.6 is 0 Å². The number of hydrogen-bond acceptors (Lipinski definition) is 3. The van der Waals surface area contributed by atoms with Gasteiger partial charge in [0.2, 0.25) is 5.91 Å². The number of urea groups is 1. The second-order valence-electron chi connectivity index (χ2n) is 6.87. The number of aryl methyl sites for hydroxylation is 1. The predicted molar refractivity (Wildman–Crippen MR) is 99.1 cm³/mol. The SMILES string of the molecule is Cc1ccccc1C(C)NC(=O)NCCCN1CCCC(C(N)=O)C1. The van der Waals surface area contributed by atoms with Crippen LogP contribution in [0.4, 0.5) is 4.79 Å². The van der Waals surface area contributed by atoms with Gasteiger partial charge in [0.1, 0.15) is 0 Å². The number of nitrogens with one attached hydrogen (secondary N) is 2. The standard InChI is InChI=1S/C19H30N4O2/c1-14-7-3-4-9-17(14)15(2)22-19(25)21-10-6-12-23-11-5-8-16(13-23)18(20)24/h3-4,7,9,15-16H,5-6,8,10-13H2,1-2H3,(H2,20,24)(H2,21,22,25). The third-order valence-electron chi connectivity index (χ3n) is 4.85. The fourth-order valence-electron chi connectivity index (χ4n) is 3.39. The van der Waals surface area contributed by atoms with Crippen LogP contribution in [0, 0.1) is 12.8 Å². The zero-order chi connectivity index (χ0) is 18.2. The van der Waals surface area contributed by atoms with Crippen molar-refractivity contribution in [1.29, 1.82) is 0 Å². The molecule has 6 heteroatoms. The molecule has 1 aromatic carbocycles. The Hall–Kier alpha value is -2.08. The molecule has 138 valence electrons. The van der Waals surface area contributed by atoms with Crippen LogP contribution < -0.4 is 16.4 Å². The van der Waals surface area contributed by atoms with Crippen LogP contribution in [0.15, 0.2) is 24.3 Å². The van der Waals surface area contributed by atoms with Crippen LogP contribution in [0.1, 0.15) is 43.4 Å². The monoisotopic (exact) mass is 346 g/mol. The molecule has 25 heavy (non-hydrogen) atoms. The van der Waals surface area contributed by atoms with Crippen molar-refractivity contribution < 1.29 is 9.59 Å². The molecule has 2 atom stereocenters. The molecule has 1 heterocycles. The average Bonchev–Trinajstić information content (AvgIpc) is 2.59. The summed E-state index contributed by atoms with van der Waals surface area (Å²) in [4.78, 5) is 25.6. The van der Waals surface area contributed by atoms with Gasteiger partial charge in [0.15, 0.2) is 0 Å². The number of hydrogen-bond donors (Lipinski definition) is 3. The van der Waals surface area contributed by atoms with Crippen LogP contribution in [0.5, 0.6) is 0 Å². The fraction of sp³-hybridized carbons (Fsp3) is 0.579. The summed E-state index contributed by atoms with van der Waals surface area (Å²) in [5, 5.41) is 5.88. The highest BCUT2D eigenvalue weighted by atomic mass is 16.2. The van der Waals surface area contributed by atoms with Crippen LogP contribution in [0.25, 0.3) is 0 Å². The third kappa shape index (κ3) is 6.05. The lowest BCUT2D eigenvalue weighted by atomic mass is 9.97. The number of carbonyl (C=O) groups is 2. The summed E-state index contributed by atoms with van der Waals surface area (Å²) in [7, 11) is 0. The normalized spacial score (nSPS) is 19.2. The van der Waals surface area contributed by atoms with E-state index >= 15 is 0 Å². The molecule has 1 saturated heterocycles. The maximum Gasteiger partial charge on any atom is 0.315 e. The number of amides is 3.